The number of hydrogen-bond donors (Lipinski definition) is 0. The van der Waals surface area contributed by atoms with Gasteiger partial charge in [-0.15, -0.1) is 5.10 Å². The van der Waals surface area contributed by atoms with E-state index >= 15 is 0 Å². The highest BCUT2D eigenvalue weighted by molar-refractivity contribution is 14.1. The lowest BCUT2D eigenvalue weighted by Gasteiger charge is -2.07. The summed E-state index contributed by atoms with van der Waals surface area (Å²) in [6.45, 7) is 0. The van der Waals surface area contributed by atoms with Gasteiger partial charge >= 0.3 is 0 Å². The molecule has 66 valence electrons. The van der Waals surface area contributed by atoms with E-state index in [1.807, 2.05) is 0 Å². The van der Waals surface area contributed by atoms with Crippen molar-refractivity contribution in [2.75, 3.05) is 0 Å². The summed E-state index contributed by atoms with van der Waals surface area (Å²) in [6, 6.07) is 0. The van der Waals surface area contributed by atoms with Gasteiger partial charge in [0.2, 0.25) is 0 Å². The quantitative estimate of drug-likeness (QED) is 0.417. The zero-order valence-corrected chi connectivity index (χ0v) is 8.50. The highest BCUT2D eigenvalue weighted by Crippen LogP contribution is 2.23. The van der Waals surface area contributed by atoms with Gasteiger partial charge in [-0.05, 0) is 22.6 Å². The minimum atomic E-state index is -0.430. The van der Waals surface area contributed by atoms with Gasteiger partial charge in [-0.3, -0.25) is 10.1 Å². The van der Waals surface area contributed by atoms with Crippen LogP contribution in [-0.2, 0) is 0 Å². The molecule has 0 saturated heterocycles. The normalized spacial score (nSPS) is 24.7. The predicted molar refractivity (Wildman–Crippen MR) is 56.6 cm³/mol. The van der Waals surface area contributed by atoms with Crippen LogP contribution in [0.25, 0.3) is 0 Å². The van der Waals surface area contributed by atoms with Crippen molar-refractivity contribution in [1.82, 2.24) is 0 Å². The lowest BCUT2D eigenvalue weighted by molar-refractivity contribution is -0.418. The van der Waals surface area contributed by atoms with Crippen LogP contribution in [0.15, 0.2) is 34.1 Å². The van der Waals surface area contributed by atoms with Crippen LogP contribution >= 0.6 is 22.6 Å². The van der Waals surface area contributed by atoms with Crippen molar-refractivity contribution in [3.8, 4) is 0 Å². The molecule has 2 aliphatic rings. The Bertz CT molecular complexity index is 395. The molecule has 5 nitrogen and oxygen atoms in total. The van der Waals surface area contributed by atoms with E-state index in [1.54, 1.807) is 6.08 Å². The minimum Gasteiger partial charge on any atom is -0.258 e. The van der Waals surface area contributed by atoms with Crippen LogP contribution in [0.1, 0.15) is 0 Å². The number of nitrogens with zero attached hydrogens (tertiary/aromatic N) is 3. The first kappa shape index (κ1) is 8.54. The average Bonchev–Trinajstić information content (AvgIpc) is 2.47. The Kier molecular flexibility index (Phi) is 1.98. The largest absolute Gasteiger partial charge is 0.271 e. The fourth-order valence-corrected chi connectivity index (χ4v) is 1.79. The number of allylic oxidation sites excluding steroid dienone is 3. The van der Waals surface area contributed by atoms with Gasteiger partial charge in [0, 0.05) is 12.2 Å². The summed E-state index contributed by atoms with van der Waals surface area (Å²) in [5.41, 5.74) is 0.718. The second kappa shape index (κ2) is 3.02. The lowest BCUT2D eigenvalue weighted by atomic mass is 9.99. The Morgan fingerprint density at radius 3 is 3.00 bits per heavy atom. The molecule has 0 amide bonds. The van der Waals surface area contributed by atoms with Gasteiger partial charge in [-0.25, -0.2) is 0 Å². The van der Waals surface area contributed by atoms with Crippen LogP contribution < -0.4 is 0 Å². The highest BCUT2D eigenvalue weighted by atomic mass is 127. The molecule has 0 N–H and O–H groups in total. The maximum absolute atomic E-state index is 10.4. The van der Waals surface area contributed by atoms with Crippen molar-refractivity contribution in [3.63, 3.8) is 0 Å². The van der Waals surface area contributed by atoms with E-state index in [2.05, 4.69) is 32.8 Å². The Balaban J connectivity index is 2.33. The molecule has 1 aliphatic carbocycles. The third-order valence-corrected chi connectivity index (χ3v) is 2.69. The van der Waals surface area contributed by atoms with Gasteiger partial charge in [0.1, 0.15) is 3.72 Å². The molecule has 1 atom stereocenters. The molecular formula is C7H4IN3O2. The summed E-state index contributed by atoms with van der Waals surface area (Å²) in [5, 5.41) is 18.1. The molecular weight excluding hydrogens is 285 g/mol. The fourth-order valence-electron chi connectivity index (χ4n) is 1.16. The molecule has 2 rings (SSSR count). The van der Waals surface area contributed by atoms with Crippen molar-refractivity contribution in [1.29, 1.82) is 0 Å². The number of fused-ring (bicyclic) bond motifs is 1. The molecule has 0 saturated carbocycles. The summed E-state index contributed by atoms with van der Waals surface area (Å²) < 4.78 is 0.850. The second-order valence-electron chi connectivity index (χ2n) is 2.61. The van der Waals surface area contributed by atoms with E-state index in [1.165, 1.54) is 12.2 Å². The van der Waals surface area contributed by atoms with Gasteiger partial charge in [0.25, 0.3) is 5.70 Å². The Hall–Kier alpha value is -1.05. The molecule has 13 heavy (non-hydrogen) atoms. The summed E-state index contributed by atoms with van der Waals surface area (Å²) in [6.07, 6.45) is 4.69. The van der Waals surface area contributed by atoms with E-state index in [4.69, 9.17) is 0 Å². The topological polar surface area (TPSA) is 67.9 Å². The third-order valence-electron chi connectivity index (χ3n) is 1.80. The zero-order valence-electron chi connectivity index (χ0n) is 6.35. The molecule has 0 bridgehead atoms. The molecule has 0 radical (unpaired) electrons. The van der Waals surface area contributed by atoms with Crippen LogP contribution in [0.4, 0.5) is 0 Å². The summed E-state index contributed by atoms with van der Waals surface area (Å²) in [4.78, 5) is 9.99. The molecule has 0 unspecified atom stereocenters. The number of rotatable bonds is 1. The van der Waals surface area contributed by atoms with Gasteiger partial charge < -0.3 is 0 Å². The minimum absolute atomic E-state index is 0.0318. The molecule has 0 aromatic rings. The lowest BCUT2D eigenvalue weighted by Crippen LogP contribution is -2.16. The predicted octanol–water partition coefficient (Wildman–Crippen LogP) is 1.54. The van der Waals surface area contributed by atoms with E-state index in [9.17, 15) is 10.1 Å². The zero-order chi connectivity index (χ0) is 9.42. The van der Waals surface area contributed by atoms with Crippen molar-refractivity contribution < 1.29 is 4.92 Å². The van der Waals surface area contributed by atoms with Gasteiger partial charge in [0.05, 0.1) is 16.6 Å². The Labute approximate surface area is 87.2 Å². The van der Waals surface area contributed by atoms with Gasteiger partial charge in [-0.1, -0.05) is 6.08 Å². The molecule has 1 heterocycles. The maximum atomic E-state index is 10.4. The first-order chi connectivity index (χ1) is 6.18. The third kappa shape index (κ3) is 1.41. The Morgan fingerprint density at radius 1 is 1.54 bits per heavy atom. The van der Waals surface area contributed by atoms with Crippen molar-refractivity contribution in [2.45, 2.75) is 0 Å². The average molecular weight is 289 g/mol. The first-order valence-corrected chi connectivity index (χ1v) is 4.61. The molecule has 1 aliphatic heterocycles. The molecule has 6 heteroatoms. The van der Waals surface area contributed by atoms with Crippen LogP contribution in [0.5, 0.6) is 0 Å². The maximum Gasteiger partial charge on any atom is 0.271 e. The summed E-state index contributed by atoms with van der Waals surface area (Å²) >= 11 is 2.08. The summed E-state index contributed by atoms with van der Waals surface area (Å²) in [7, 11) is 0. The Morgan fingerprint density at radius 2 is 2.31 bits per heavy atom. The van der Waals surface area contributed by atoms with Crippen molar-refractivity contribution >= 4 is 32.0 Å². The molecule has 0 aromatic carbocycles. The number of nitro groups is 1. The van der Waals surface area contributed by atoms with E-state index in [-0.39, 0.29) is 11.6 Å². The van der Waals surface area contributed by atoms with Crippen LogP contribution in [0, 0.1) is 16.0 Å². The van der Waals surface area contributed by atoms with Gasteiger partial charge in [0.15, 0.2) is 0 Å². The van der Waals surface area contributed by atoms with Crippen molar-refractivity contribution in [2.24, 2.45) is 16.1 Å². The van der Waals surface area contributed by atoms with E-state index in [0.29, 0.717) is 5.71 Å². The fraction of sp³-hybridized carbons (Fsp3) is 0.143. The van der Waals surface area contributed by atoms with Crippen LogP contribution in [-0.4, -0.2) is 14.4 Å². The van der Waals surface area contributed by atoms with Gasteiger partial charge in [-0.2, -0.15) is 5.10 Å². The van der Waals surface area contributed by atoms with Crippen molar-refractivity contribution in [3.05, 3.63) is 34.0 Å². The standard InChI is InChI=1S/C7H4IN3O2/c8-7-5-2-1-4(11(12)13)3-6(5)9-10-7/h1-3,5H/t5-/m1/s1. The highest BCUT2D eigenvalue weighted by Gasteiger charge is 2.27. The smallest absolute Gasteiger partial charge is 0.258 e. The van der Waals surface area contributed by atoms with Crippen LogP contribution in [0.2, 0.25) is 0 Å². The van der Waals surface area contributed by atoms with Crippen LogP contribution in [0.3, 0.4) is 0 Å². The summed E-state index contributed by atoms with van der Waals surface area (Å²) in [5.74, 6) is 0.0318. The number of hydrogen-bond acceptors (Lipinski definition) is 4. The van der Waals surface area contributed by atoms with E-state index < -0.39 is 4.92 Å². The monoisotopic (exact) mass is 289 g/mol. The second-order valence-corrected chi connectivity index (χ2v) is 3.72. The molecule has 0 aromatic heterocycles. The SMILES string of the molecule is O=[N+]([O-])C1=CC2=NN=C(I)[C@@H]2C=C1. The van der Waals surface area contributed by atoms with E-state index in [0.717, 1.165) is 3.72 Å². The number of halogens is 1. The molecule has 0 spiro atoms. The first-order valence-electron chi connectivity index (χ1n) is 3.53. The molecule has 0 fully saturated rings.